The average Bonchev–Trinajstić information content (AvgIpc) is 2.99. The molecule has 1 amide bonds. The molecule has 0 aliphatic heterocycles. The first-order chi connectivity index (χ1) is 12.8. The lowest BCUT2D eigenvalue weighted by molar-refractivity contribution is -0.140. The van der Waals surface area contributed by atoms with Gasteiger partial charge in [0, 0.05) is 17.1 Å². The Morgan fingerprint density at radius 2 is 2.04 bits per heavy atom. The van der Waals surface area contributed by atoms with E-state index in [1.807, 2.05) is 4.57 Å². The summed E-state index contributed by atoms with van der Waals surface area (Å²) in [4.78, 5) is 23.0. The van der Waals surface area contributed by atoms with Gasteiger partial charge < -0.3 is 14.6 Å². The summed E-state index contributed by atoms with van der Waals surface area (Å²) >= 11 is 13.5. The van der Waals surface area contributed by atoms with Crippen molar-refractivity contribution in [1.82, 2.24) is 20.1 Å². The summed E-state index contributed by atoms with van der Waals surface area (Å²) in [6, 6.07) is 5.19. The highest BCUT2D eigenvalue weighted by molar-refractivity contribution is 7.99. The lowest BCUT2D eigenvalue weighted by Crippen LogP contribution is -2.31. The Morgan fingerprint density at radius 3 is 2.67 bits per heavy atom. The number of carbonyl (C=O) groups excluding carboxylic acids is 2. The van der Waals surface area contributed by atoms with Crippen molar-refractivity contribution in [2.24, 2.45) is 5.92 Å². The Kier molecular flexibility index (Phi) is 7.94. The summed E-state index contributed by atoms with van der Waals surface area (Å²) in [6.07, 6.45) is 0. The first-order valence-corrected chi connectivity index (χ1v) is 9.91. The van der Waals surface area contributed by atoms with Crippen LogP contribution in [0.25, 0.3) is 11.4 Å². The third-order valence-electron chi connectivity index (χ3n) is 3.43. The van der Waals surface area contributed by atoms with Crippen LogP contribution in [0, 0.1) is 5.92 Å². The Morgan fingerprint density at radius 1 is 1.30 bits per heavy atom. The summed E-state index contributed by atoms with van der Waals surface area (Å²) in [6.45, 7) is 4.64. The normalized spacial score (nSPS) is 10.9. The lowest BCUT2D eigenvalue weighted by Gasteiger charge is -2.13. The molecule has 0 bridgehead atoms. The number of ether oxygens (including phenoxy) is 1. The Hall–Kier alpha value is -1.77. The average molecular weight is 431 g/mol. The van der Waals surface area contributed by atoms with Gasteiger partial charge in [0.1, 0.15) is 6.54 Å². The SMILES string of the molecule is COC(=O)CNC(=O)CSc1nnc(-c2ccc(Cl)cc2Cl)n1CC(C)C. The topological polar surface area (TPSA) is 86.1 Å². The van der Waals surface area contributed by atoms with Crippen LogP contribution in [0.4, 0.5) is 0 Å². The molecule has 0 spiro atoms. The van der Waals surface area contributed by atoms with Gasteiger partial charge in [-0.1, -0.05) is 48.8 Å². The number of rotatable bonds is 8. The summed E-state index contributed by atoms with van der Waals surface area (Å²) in [7, 11) is 1.26. The number of nitrogens with one attached hydrogen (secondary N) is 1. The minimum atomic E-state index is -0.504. The number of hydrogen-bond acceptors (Lipinski definition) is 6. The van der Waals surface area contributed by atoms with Crippen LogP contribution in [-0.4, -0.2) is 46.0 Å². The highest BCUT2D eigenvalue weighted by Gasteiger charge is 2.18. The van der Waals surface area contributed by atoms with E-state index in [9.17, 15) is 9.59 Å². The molecule has 0 radical (unpaired) electrons. The predicted molar refractivity (Wildman–Crippen MR) is 106 cm³/mol. The molecule has 10 heteroatoms. The number of esters is 1. The number of amides is 1. The molecule has 0 fully saturated rings. The minimum Gasteiger partial charge on any atom is -0.468 e. The molecule has 1 N–H and O–H groups in total. The molecule has 0 aliphatic rings. The van der Waals surface area contributed by atoms with E-state index < -0.39 is 5.97 Å². The number of aromatic nitrogens is 3. The Balaban J connectivity index is 2.18. The van der Waals surface area contributed by atoms with Gasteiger partial charge in [0.05, 0.1) is 17.9 Å². The molecule has 0 atom stereocenters. The van der Waals surface area contributed by atoms with Crippen LogP contribution >= 0.6 is 35.0 Å². The molecular weight excluding hydrogens is 411 g/mol. The molecule has 27 heavy (non-hydrogen) atoms. The largest absolute Gasteiger partial charge is 0.468 e. The standard InChI is InChI=1S/C17H20Cl2N4O3S/c1-10(2)8-23-16(12-5-4-11(18)6-13(12)19)21-22-17(23)27-9-14(24)20-7-15(25)26-3/h4-6,10H,7-9H2,1-3H3,(H,20,24). The number of hydrogen-bond donors (Lipinski definition) is 1. The van der Waals surface area contributed by atoms with Crippen LogP contribution in [0.5, 0.6) is 0 Å². The van der Waals surface area contributed by atoms with E-state index in [1.165, 1.54) is 18.9 Å². The summed E-state index contributed by atoms with van der Waals surface area (Å²) in [5.74, 6) is 0.245. The minimum absolute atomic E-state index is 0.0988. The number of methoxy groups -OCH3 is 1. The third-order valence-corrected chi connectivity index (χ3v) is 4.94. The van der Waals surface area contributed by atoms with Gasteiger partial charge in [-0.3, -0.25) is 9.59 Å². The number of carbonyl (C=O) groups is 2. The maximum atomic E-state index is 11.9. The van der Waals surface area contributed by atoms with E-state index >= 15 is 0 Å². The molecule has 146 valence electrons. The van der Waals surface area contributed by atoms with Crippen LogP contribution in [0.15, 0.2) is 23.4 Å². The van der Waals surface area contributed by atoms with Gasteiger partial charge in [0.15, 0.2) is 11.0 Å². The van der Waals surface area contributed by atoms with Gasteiger partial charge in [-0.05, 0) is 24.1 Å². The fourth-order valence-electron chi connectivity index (χ4n) is 2.22. The maximum absolute atomic E-state index is 11.9. The second kappa shape index (κ2) is 9.96. The molecule has 7 nitrogen and oxygen atoms in total. The highest BCUT2D eigenvalue weighted by atomic mass is 35.5. The van der Waals surface area contributed by atoms with Gasteiger partial charge >= 0.3 is 5.97 Å². The van der Waals surface area contributed by atoms with Crippen LogP contribution < -0.4 is 5.32 Å². The molecule has 1 heterocycles. The lowest BCUT2D eigenvalue weighted by atomic mass is 10.2. The second-order valence-electron chi connectivity index (χ2n) is 6.08. The Bertz CT molecular complexity index is 827. The van der Waals surface area contributed by atoms with E-state index in [0.29, 0.717) is 33.5 Å². The molecule has 1 aromatic heterocycles. The molecule has 2 aromatic rings. The quantitative estimate of drug-likeness (QED) is 0.510. The number of benzene rings is 1. The zero-order valence-corrected chi connectivity index (χ0v) is 17.5. The van der Waals surface area contributed by atoms with Crippen LogP contribution in [-0.2, 0) is 20.9 Å². The van der Waals surface area contributed by atoms with Crippen LogP contribution in [0.1, 0.15) is 13.8 Å². The Labute approximate surface area is 171 Å². The summed E-state index contributed by atoms with van der Waals surface area (Å²) in [5, 5.41) is 12.6. The maximum Gasteiger partial charge on any atom is 0.325 e. The van der Waals surface area contributed by atoms with Crippen molar-refractivity contribution in [2.45, 2.75) is 25.5 Å². The van der Waals surface area contributed by atoms with Crippen molar-refractivity contribution in [1.29, 1.82) is 0 Å². The highest BCUT2D eigenvalue weighted by Crippen LogP contribution is 2.31. The fourth-order valence-corrected chi connectivity index (χ4v) is 3.49. The molecule has 1 aromatic carbocycles. The third kappa shape index (κ3) is 6.12. The van der Waals surface area contributed by atoms with Crippen molar-refractivity contribution >= 4 is 46.8 Å². The molecule has 0 unspecified atom stereocenters. The van der Waals surface area contributed by atoms with Gasteiger partial charge in [-0.25, -0.2) is 0 Å². The van der Waals surface area contributed by atoms with Crippen LogP contribution in [0.2, 0.25) is 10.0 Å². The van der Waals surface area contributed by atoms with Crippen molar-refractivity contribution in [3.8, 4) is 11.4 Å². The van der Waals surface area contributed by atoms with Crippen molar-refractivity contribution < 1.29 is 14.3 Å². The molecule has 0 saturated carbocycles. The van der Waals surface area contributed by atoms with E-state index in [0.717, 1.165) is 5.56 Å². The van der Waals surface area contributed by atoms with Crippen molar-refractivity contribution in [3.05, 3.63) is 28.2 Å². The van der Waals surface area contributed by atoms with Crippen LogP contribution in [0.3, 0.4) is 0 Å². The molecule has 0 aliphatic carbocycles. The second-order valence-corrected chi connectivity index (χ2v) is 7.86. The molecule has 2 rings (SSSR count). The summed E-state index contributed by atoms with van der Waals surface area (Å²) in [5.41, 5.74) is 0.719. The van der Waals surface area contributed by atoms with Gasteiger partial charge in [0.25, 0.3) is 0 Å². The van der Waals surface area contributed by atoms with Gasteiger partial charge in [0.2, 0.25) is 5.91 Å². The monoisotopic (exact) mass is 430 g/mol. The predicted octanol–water partition coefficient (Wildman–Crippen LogP) is 3.29. The molecule has 0 saturated heterocycles. The van der Waals surface area contributed by atoms with E-state index in [2.05, 4.69) is 34.1 Å². The first-order valence-electron chi connectivity index (χ1n) is 8.16. The van der Waals surface area contributed by atoms with Crippen molar-refractivity contribution in [2.75, 3.05) is 19.4 Å². The first kappa shape index (κ1) is 21.5. The smallest absolute Gasteiger partial charge is 0.325 e. The molecular formula is C17H20Cl2N4O3S. The zero-order chi connectivity index (χ0) is 20.0. The van der Waals surface area contributed by atoms with Gasteiger partial charge in [-0.2, -0.15) is 0 Å². The summed E-state index contributed by atoms with van der Waals surface area (Å²) < 4.78 is 6.42. The fraction of sp³-hybridized carbons (Fsp3) is 0.412. The number of halogens is 2. The van der Waals surface area contributed by atoms with E-state index in [1.54, 1.807) is 18.2 Å². The van der Waals surface area contributed by atoms with Gasteiger partial charge in [-0.15, -0.1) is 10.2 Å². The van der Waals surface area contributed by atoms with E-state index in [4.69, 9.17) is 23.2 Å². The number of thioether (sulfide) groups is 1. The van der Waals surface area contributed by atoms with Crippen molar-refractivity contribution in [3.63, 3.8) is 0 Å². The zero-order valence-electron chi connectivity index (χ0n) is 15.2. The van der Waals surface area contributed by atoms with E-state index in [-0.39, 0.29) is 18.2 Å². The number of nitrogens with zero attached hydrogens (tertiary/aromatic N) is 3.